The number of β-amino-alcohol motifs (C(OH)–C–C–N with tert-alkyl or cyclic N) is 1. The number of nitrogens with zero attached hydrogens (tertiary/aromatic N) is 1. The van der Waals surface area contributed by atoms with Crippen LogP contribution in [0.2, 0.25) is 0 Å². The largest absolute Gasteiger partial charge is 0.491 e. The Bertz CT molecular complexity index is 550. The van der Waals surface area contributed by atoms with Crippen molar-refractivity contribution in [2.24, 2.45) is 0 Å². The van der Waals surface area contributed by atoms with Crippen molar-refractivity contribution in [3.8, 4) is 5.75 Å². The minimum atomic E-state index is -0.575. The summed E-state index contributed by atoms with van der Waals surface area (Å²) in [6.45, 7) is 13.6. The summed E-state index contributed by atoms with van der Waals surface area (Å²) in [7, 11) is 0. The van der Waals surface area contributed by atoms with Gasteiger partial charge in [0, 0.05) is 17.6 Å². The van der Waals surface area contributed by atoms with Crippen LogP contribution in [0.3, 0.4) is 0 Å². The van der Waals surface area contributed by atoms with Crippen LogP contribution in [0.4, 0.5) is 0 Å². The van der Waals surface area contributed by atoms with E-state index in [0.717, 1.165) is 24.2 Å². The van der Waals surface area contributed by atoms with Gasteiger partial charge in [0.2, 0.25) is 0 Å². The van der Waals surface area contributed by atoms with Crippen molar-refractivity contribution in [1.29, 1.82) is 0 Å². The Balaban J connectivity index is 2.01. The maximum absolute atomic E-state index is 10.6. The fraction of sp³-hybridized carbons (Fsp3) is 0.714. The van der Waals surface area contributed by atoms with Gasteiger partial charge in [0.15, 0.2) is 0 Å². The van der Waals surface area contributed by atoms with E-state index in [1.807, 2.05) is 18.2 Å². The molecule has 4 nitrogen and oxygen atoms in total. The number of para-hydroxylation sites is 1. The third-order valence-electron chi connectivity index (χ3n) is 5.30. The molecule has 0 aromatic heterocycles. The molecule has 1 aromatic carbocycles. The van der Waals surface area contributed by atoms with Crippen molar-refractivity contribution < 1.29 is 14.9 Å². The van der Waals surface area contributed by atoms with Crippen molar-refractivity contribution in [1.82, 2.24) is 4.90 Å². The quantitative estimate of drug-likeness (QED) is 0.824. The summed E-state index contributed by atoms with van der Waals surface area (Å²) >= 11 is 0. The maximum Gasteiger partial charge on any atom is 0.122 e. The number of aliphatic hydroxyl groups excluding tert-OH is 2. The first-order valence-electron chi connectivity index (χ1n) is 9.38. The van der Waals surface area contributed by atoms with E-state index in [2.05, 4.69) is 52.5 Å². The van der Waals surface area contributed by atoms with Gasteiger partial charge in [-0.15, -0.1) is 0 Å². The van der Waals surface area contributed by atoms with Gasteiger partial charge < -0.3 is 14.9 Å². The van der Waals surface area contributed by atoms with Crippen LogP contribution in [0.1, 0.15) is 65.9 Å². The molecule has 0 aliphatic carbocycles. The van der Waals surface area contributed by atoms with E-state index in [9.17, 15) is 10.2 Å². The second kappa shape index (κ2) is 7.65. The zero-order valence-corrected chi connectivity index (χ0v) is 16.6. The average Bonchev–Trinajstić information content (AvgIpc) is 2.48. The van der Waals surface area contributed by atoms with Gasteiger partial charge in [0.05, 0.1) is 6.10 Å². The molecule has 2 rings (SSSR count). The first kappa shape index (κ1) is 20.2. The van der Waals surface area contributed by atoms with Crippen molar-refractivity contribution in [3.05, 3.63) is 29.8 Å². The number of hydrogen-bond acceptors (Lipinski definition) is 4. The maximum atomic E-state index is 10.6. The molecule has 0 amide bonds. The van der Waals surface area contributed by atoms with E-state index < -0.39 is 6.10 Å². The van der Waals surface area contributed by atoms with Crippen molar-refractivity contribution in [2.75, 3.05) is 13.2 Å². The predicted molar refractivity (Wildman–Crippen MR) is 102 cm³/mol. The molecule has 1 fully saturated rings. The Labute approximate surface area is 152 Å². The number of likely N-dealkylation sites (tertiary alicyclic amines) is 1. The van der Waals surface area contributed by atoms with E-state index in [-0.39, 0.29) is 23.8 Å². The minimum absolute atomic E-state index is 0.155. The summed E-state index contributed by atoms with van der Waals surface area (Å²) in [4.78, 5) is 2.31. The normalized spacial score (nSPS) is 22.1. The molecule has 1 heterocycles. The number of hydrogen-bond donors (Lipinski definition) is 2. The number of ether oxygens (including phenoxy) is 1. The molecule has 0 saturated carbocycles. The molecule has 25 heavy (non-hydrogen) atoms. The van der Waals surface area contributed by atoms with Crippen LogP contribution in [0.5, 0.6) is 5.75 Å². The fourth-order valence-electron chi connectivity index (χ4n) is 4.30. The van der Waals surface area contributed by atoms with Gasteiger partial charge in [-0.3, -0.25) is 4.90 Å². The Kier molecular flexibility index (Phi) is 6.18. The smallest absolute Gasteiger partial charge is 0.122 e. The van der Waals surface area contributed by atoms with E-state index in [0.29, 0.717) is 12.5 Å². The molecule has 1 unspecified atom stereocenters. The predicted octanol–water partition coefficient (Wildman–Crippen LogP) is 3.56. The van der Waals surface area contributed by atoms with Gasteiger partial charge in [-0.2, -0.15) is 0 Å². The Morgan fingerprint density at radius 3 is 2.24 bits per heavy atom. The minimum Gasteiger partial charge on any atom is -0.491 e. The van der Waals surface area contributed by atoms with Gasteiger partial charge in [-0.25, -0.2) is 0 Å². The third kappa shape index (κ3) is 4.96. The molecule has 0 radical (unpaired) electrons. The van der Waals surface area contributed by atoms with Crippen LogP contribution >= 0.6 is 0 Å². The van der Waals surface area contributed by atoms with Crippen LogP contribution in [0, 0.1) is 0 Å². The SMILES string of the molecule is CC(C)c1ccccc1OCC(O)CN1C(C)(C)CC(O)CC1(C)C. The lowest BCUT2D eigenvalue weighted by Gasteiger charge is -2.55. The lowest BCUT2D eigenvalue weighted by Crippen LogP contribution is -2.63. The summed E-state index contributed by atoms with van der Waals surface area (Å²) in [5, 5.41) is 20.7. The van der Waals surface area contributed by atoms with Crippen LogP contribution in [-0.4, -0.2) is 51.6 Å². The molecule has 2 N–H and O–H groups in total. The van der Waals surface area contributed by atoms with Gasteiger partial charge >= 0.3 is 0 Å². The lowest BCUT2D eigenvalue weighted by molar-refractivity contribution is -0.1000. The summed E-state index contributed by atoms with van der Waals surface area (Å²) in [6, 6.07) is 8.02. The Morgan fingerprint density at radius 2 is 1.68 bits per heavy atom. The first-order chi connectivity index (χ1) is 11.5. The van der Waals surface area contributed by atoms with Crippen molar-refractivity contribution in [3.63, 3.8) is 0 Å². The number of piperidine rings is 1. The summed E-state index contributed by atoms with van der Waals surface area (Å²) in [5.41, 5.74) is 0.854. The summed E-state index contributed by atoms with van der Waals surface area (Å²) in [5.74, 6) is 1.24. The average molecular weight is 350 g/mol. The number of benzene rings is 1. The molecule has 1 saturated heterocycles. The highest BCUT2D eigenvalue weighted by Gasteiger charge is 2.45. The Morgan fingerprint density at radius 1 is 1.12 bits per heavy atom. The van der Waals surface area contributed by atoms with Gasteiger partial charge in [0.25, 0.3) is 0 Å². The second-order valence-corrected chi connectivity index (χ2v) is 8.95. The molecule has 142 valence electrons. The standard InChI is InChI=1S/C21H35NO3/c1-15(2)18-9-7-8-10-19(18)25-14-17(24)13-22-20(3,4)11-16(23)12-21(22,5)6/h7-10,15-17,23-24H,11-14H2,1-6H3. The molecule has 1 aromatic rings. The van der Waals surface area contributed by atoms with Crippen LogP contribution in [0.15, 0.2) is 24.3 Å². The number of aliphatic hydroxyl groups is 2. The highest BCUT2D eigenvalue weighted by molar-refractivity contribution is 5.35. The highest BCUT2D eigenvalue weighted by atomic mass is 16.5. The van der Waals surface area contributed by atoms with Gasteiger partial charge in [0.1, 0.15) is 18.5 Å². The van der Waals surface area contributed by atoms with Crippen molar-refractivity contribution >= 4 is 0 Å². The summed E-state index contributed by atoms with van der Waals surface area (Å²) in [6.07, 6.45) is 0.585. The van der Waals surface area contributed by atoms with E-state index in [1.54, 1.807) is 0 Å². The zero-order valence-electron chi connectivity index (χ0n) is 16.6. The molecule has 0 bridgehead atoms. The first-order valence-corrected chi connectivity index (χ1v) is 9.38. The third-order valence-corrected chi connectivity index (χ3v) is 5.30. The molecule has 0 spiro atoms. The summed E-state index contributed by atoms with van der Waals surface area (Å²) < 4.78 is 5.93. The molecule has 1 aliphatic rings. The van der Waals surface area contributed by atoms with E-state index >= 15 is 0 Å². The molecule has 1 aliphatic heterocycles. The number of rotatable bonds is 6. The van der Waals surface area contributed by atoms with Crippen LogP contribution < -0.4 is 4.74 Å². The van der Waals surface area contributed by atoms with Gasteiger partial charge in [-0.05, 0) is 58.1 Å². The van der Waals surface area contributed by atoms with Gasteiger partial charge in [-0.1, -0.05) is 32.0 Å². The van der Waals surface area contributed by atoms with E-state index in [1.165, 1.54) is 0 Å². The molecule has 4 heteroatoms. The molecule has 1 atom stereocenters. The molecular formula is C21H35NO3. The second-order valence-electron chi connectivity index (χ2n) is 8.95. The lowest BCUT2D eigenvalue weighted by atomic mass is 9.78. The van der Waals surface area contributed by atoms with Crippen molar-refractivity contribution in [2.45, 2.75) is 83.6 Å². The Hall–Kier alpha value is -1.10. The highest BCUT2D eigenvalue weighted by Crippen LogP contribution is 2.38. The molecular weight excluding hydrogens is 314 g/mol. The van der Waals surface area contributed by atoms with E-state index in [4.69, 9.17) is 4.74 Å². The van der Waals surface area contributed by atoms with Crippen LogP contribution in [-0.2, 0) is 0 Å². The zero-order chi connectivity index (χ0) is 18.8. The monoisotopic (exact) mass is 349 g/mol. The van der Waals surface area contributed by atoms with Crippen LogP contribution in [0.25, 0.3) is 0 Å². The topological polar surface area (TPSA) is 52.9 Å². The fourth-order valence-corrected chi connectivity index (χ4v) is 4.30.